The van der Waals surface area contributed by atoms with Gasteiger partial charge in [0.1, 0.15) is 4.83 Å². The van der Waals surface area contributed by atoms with Crippen LogP contribution in [0.4, 0.5) is 0 Å². The van der Waals surface area contributed by atoms with Crippen molar-refractivity contribution < 1.29 is 9.90 Å². The second-order valence-electron chi connectivity index (χ2n) is 4.56. The van der Waals surface area contributed by atoms with Gasteiger partial charge in [0.05, 0.1) is 17.6 Å². The molecule has 0 spiro atoms. The van der Waals surface area contributed by atoms with Gasteiger partial charge < -0.3 is 9.67 Å². The number of aromatic nitrogens is 2. The smallest absolute Gasteiger partial charge is 0.311 e. The van der Waals surface area contributed by atoms with Crippen molar-refractivity contribution in [3.63, 3.8) is 0 Å². The average Bonchev–Trinajstić information content (AvgIpc) is 2.72. The Bertz CT molecular complexity index is 701. The minimum Gasteiger partial charge on any atom is -0.481 e. The Kier molecular flexibility index (Phi) is 2.48. The van der Waals surface area contributed by atoms with Crippen molar-refractivity contribution in [3.05, 3.63) is 27.1 Å². The molecule has 0 bridgehead atoms. The van der Waals surface area contributed by atoms with Crippen molar-refractivity contribution in [1.29, 1.82) is 0 Å². The van der Waals surface area contributed by atoms with E-state index in [1.807, 2.05) is 0 Å². The number of fused-ring (bicyclic) bond motifs is 3. The number of carbonyl (C=O) groups is 1. The summed E-state index contributed by atoms with van der Waals surface area (Å²) in [6, 6.07) is 0. The highest BCUT2D eigenvalue weighted by molar-refractivity contribution is 7.18. The molecule has 0 amide bonds. The van der Waals surface area contributed by atoms with E-state index in [1.54, 1.807) is 7.05 Å². The molecule has 1 atom stereocenters. The quantitative estimate of drug-likeness (QED) is 0.847. The van der Waals surface area contributed by atoms with Crippen LogP contribution in [0.3, 0.4) is 0 Å². The van der Waals surface area contributed by atoms with E-state index in [4.69, 9.17) is 0 Å². The van der Waals surface area contributed by atoms with E-state index < -0.39 is 11.9 Å². The third kappa shape index (κ3) is 1.49. The molecule has 1 aliphatic carbocycles. The molecule has 1 N–H and O–H groups in total. The van der Waals surface area contributed by atoms with Crippen LogP contribution in [-0.2, 0) is 18.3 Å². The van der Waals surface area contributed by atoms with Crippen LogP contribution in [0.1, 0.15) is 29.2 Å². The van der Waals surface area contributed by atoms with E-state index in [0.717, 1.165) is 17.7 Å². The summed E-state index contributed by atoms with van der Waals surface area (Å²) in [5, 5.41) is 9.80. The average molecular weight is 264 g/mol. The molecule has 1 aliphatic rings. The Hall–Kier alpha value is -1.69. The van der Waals surface area contributed by atoms with Crippen LogP contribution in [-0.4, -0.2) is 20.6 Å². The van der Waals surface area contributed by atoms with Crippen molar-refractivity contribution >= 4 is 27.5 Å². The standard InChI is InChI=1S/C12H12N2O3S/c1-14-5-13-10-9(11(14)15)8-6(12(16)17)3-2-4-7(8)18-10/h5-6H,2-4H2,1H3,(H,16,17). The van der Waals surface area contributed by atoms with Crippen molar-refractivity contribution in [2.45, 2.75) is 25.2 Å². The van der Waals surface area contributed by atoms with E-state index in [2.05, 4.69) is 4.98 Å². The highest BCUT2D eigenvalue weighted by Gasteiger charge is 2.31. The lowest BCUT2D eigenvalue weighted by Crippen LogP contribution is -2.21. The Balaban J connectivity index is 2.39. The molecule has 0 saturated carbocycles. The summed E-state index contributed by atoms with van der Waals surface area (Å²) >= 11 is 1.46. The fourth-order valence-electron chi connectivity index (χ4n) is 2.56. The number of aryl methyl sites for hydroxylation is 2. The first kappa shape index (κ1) is 11.4. The Morgan fingerprint density at radius 1 is 1.61 bits per heavy atom. The normalized spacial score (nSPS) is 18.8. The molecule has 1 unspecified atom stereocenters. The summed E-state index contributed by atoms with van der Waals surface area (Å²) in [6.45, 7) is 0. The number of carboxylic acids is 1. The van der Waals surface area contributed by atoms with E-state index in [-0.39, 0.29) is 5.56 Å². The maximum absolute atomic E-state index is 12.2. The molecule has 5 nitrogen and oxygen atoms in total. The Morgan fingerprint density at radius 2 is 2.39 bits per heavy atom. The fraction of sp³-hybridized carbons (Fsp3) is 0.417. The molecular formula is C12H12N2O3S. The molecule has 2 heterocycles. The lowest BCUT2D eigenvalue weighted by Gasteiger charge is -2.18. The number of carboxylic acid groups (broad SMARTS) is 1. The lowest BCUT2D eigenvalue weighted by molar-refractivity contribution is -0.139. The van der Waals surface area contributed by atoms with E-state index in [1.165, 1.54) is 22.2 Å². The maximum Gasteiger partial charge on any atom is 0.311 e. The maximum atomic E-state index is 12.2. The molecule has 0 fully saturated rings. The van der Waals surface area contributed by atoms with Gasteiger partial charge in [-0.3, -0.25) is 9.59 Å². The summed E-state index contributed by atoms with van der Waals surface area (Å²) in [6.07, 6.45) is 3.80. The predicted molar refractivity (Wildman–Crippen MR) is 68.2 cm³/mol. The van der Waals surface area contributed by atoms with Gasteiger partial charge in [0, 0.05) is 11.9 Å². The van der Waals surface area contributed by atoms with Gasteiger partial charge in [-0.1, -0.05) is 0 Å². The van der Waals surface area contributed by atoms with E-state index >= 15 is 0 Å². The molecule has 0 saturated heterocycles. The molecule has 2 aromatic heterocycles. The van der Waals surface area contributed by atoms with Gasteiger partial charge in [0.2, 0.25) is 0 Å². The monoisotopic (exact) mass is 264 g/mol. The van der Waals surface area contributed by atoms with Gasteiger partial charge in [0.25, 0.3) is 5.56 Å². The number of nitrogens with zero attached hydrogens (tertiary/aromatic N) is 2. The fourth-order valence-corrected chi connectivity index (χ4v) is 3.79. The van der Waals surface area contributed by atoms with Gasteiger partial charge in [-0.05, 0) is 24.8 Å². The lowest BCUT2D eigenvalue weighted by atomic mass is 9.86. The number of rotatable bonds is 1. The van der Waals surface area contributed by atoms with Crippen LogP contribution in [0.5, 0.6) is 0 Å². The second kappa shape index (κ2) is 3.91. The predicted octanol–water partition coefficient (Wildman–Crippen LogP) is 1.50. The first-order chi connectivity index (χ1) is 8.59. The van der Waals surface area contributed by atoms with Gasteiger partial charge in [-0.25, -0.2) is 4.98 Å². The highest BCUT2D eigenvalue weighted by atomic mass is 32.1. The second-order valence-corrected chi connectivity index (χ2v) is 5.65. The molecule has 0 aliphatic heterocycles. The van der Waals surface area contributed by atoms with Crippen LogP contribution < -0.4 is 5.56 Å². The van der Waals surface area contributed by atoms with Crippen LogP contribution in [0.15, 0.2) is 11.1 Å². The third-order valence-electron chi connectivity index (χ3n) is 3.43. The molecule has 0 aromatic carbocycles. The Morgan fingerprint density at radius 3 is 3.11 bits per heavy atom. The first-order valence-electron chi connectivity index (χ1n) is 5.79. The minimum atomic E-state index is -0.846. The van der Waals surface area contributed by atoms with Crippen molar-refractivity contribution in [2.75, 3.05) is 0 Å². The zero-order chi connectivity index (χ0) is 12.9. The molecule has 94 valence electrons. The summed E-state index contributed by atoms with van der Waals surface area (Å²) in [7, 11) is 1.64. The topological polar surface area (TPSA) is 72.2 Å². The van der Waals surface area contributed by atoms with Gasteiger partial charge in [-0.2, -0.15) is 0 Å². The zero-order valence-corrected chi connectivity index (χ0v) is 10.7. The van der Waals surface area contributed by atoms with Gasteiger partial charge >= 0.3 is 5.97 Å². The number of hydrogen-bond donors (Lipinski definition) is 1. The van der Waals surface area contributed by atoms with Crippen LogP contribution in [0.2, 0.25) is 0 Å². The highest BCUT2D eigenvalue weighted by Crippen LogP contribution is 2.40. The van der Waals surface area contributed by atoms with Crippen LogP contribution in [0, 0.1) is 0 Å². The molecule has 0 radical (unpaired) electrons. The SMILES string of the molecule is Cn1cnc2sc3c(c2c1=O)C(C(=O)O)CCC3. The summed E-state index contributed by atoms with van der Waals surface area (Å²) in [4.78, 5) is 29.4. The third-order valence-corrected chi connectivity index (χ3v) is 4.60. The van der Waals surface area contributed by atoms with Gasteiger partial charge in [0.15, 0.2) is 0 Å². The summed E-state index contributed by atoms with van der Waals surface area (Å²) in [5.74, 6) is -1.40. The Labute approximate surface area is 107 Å². The van der Waals surface area contributed by atoms with Crippen molar-refractivity contribution in [1.82, 2.24) is 9.55 Å². The minimum absolute atomic E-state index is 0.148. The molecule has 2 aromatic rings. The first-order valence-corrected chi connectivity index (χ1v) is 6.61. The molecule has 6 heteroatoms. The van der Waals surface area contributed by atoms with Gasteiger partial charge in [-0.15, -0.1) is 11.3 Å². The largest absolute Gasteiger partial charge is 0.481 e. The van der Waals surface area contributed by atoms with Crippen molar-refractivity contribution in [2.24, 2.45) is 7.05 Å². The van der Waals surface area contributed by atoms with E-state index in [9.17, 15) is 14.7 Å². The van der Waals surface area contributed by atoms with Crippen LogP contribution in [0.25, 0.3) is 10.2 Å². The number of aliphatic carboxylic acids is 1. The van der Waals surface area contributed by atoms with Crippen molar-refractivity contribution in [3.8, 4) is 0 Å². The summed E-state index contributed by atoms with van der Waals surface area (Å²) < 4.78 is 1.41. The number of thiophene rings is 1. The molecule has 3 rings (SSSR count). The molecular weight excluding hydrogens is 252 g/mol. The van der Waals surface area contributed by atoms with E-state index in [0.29, 0.717) is 22.2 Å². The zero-order valence-electron chi connectivity index (χ0n) is 9.84. The summed E-state index contributed by atoms with van der Waals surface area (Å²) in [5.41, 5.74) is 0.563. The number of hydrogen-bond acceptors (Lipinski definition) is 4. The molecule has 18 heavy (non-hydrogen) atoms. The van der Waals surface area contributed by atoms with Crippen LogP contribution >= 0.6 is 11.3 Å².